The number of halogens is 1. The summed E-state index contributed by atoms with van der Waals surface area (Å²) in [5.74, 6) is -1.13. The molecule has 1 N–H and O–H groups in total. The van der Waals surface area contributed by atoms with Gasteiger partial charge in [0.15, 0.2) is 5.76 Å². The largest absolute Gasteiger partial charge is 0.433 e. The van der Waals surface area contributed by atoms with Crippen molar-refractivity contribution in [2.45, 2.75) is 0 Å². The highest BCUT2D eigenvalue weighted by Gasteiger charge is 2.16. The molecular weight excluding hydrogens is 332 g/mol. The smallest absolute Gasteiger partial charge is 0.400 e. The minimum atomic E-state index is -0.720. The first-order valence-electron chi connectivity index (χ1n) is 5.90. The average molecular weight is 339 g/mol. The van der Waals surface area contributed by atoms with E-state index in [1.807, 2.05) is 0 Å². The van der Waals surface area contributed by atoms with Gasteiger partial charge in [0.05, 0.1) is 17.2 Å². The minimum Gasteiger partial charge on any atom is -0.400 e. The van der Waals surface area contributed by atoms with Crippen LogP contribution in [0.2, 0.25) is 5.02 Å². The van der Waals surface area contributed by atoms with Gasteiger partial charge in [0.25, 0.3) is 11.6 Å². The maximum Gasteiger partial charge on any atom is 0.433 e. The average Bonchev–Trinajstić information content (AvgIpc) is 2.96. The third-order valence-corrected chi connectivity index (χ3v) is 2.88. The second kappa shape index (κ2) is 6.66. The summed E-state index contributed by atoms with van der Waals surface area (Å²) in [5, 5.41) is 24.6. The Hall–Kier alpha value is -3.27. The van der Waals surface area contributed by atoms with Crippen LogP contribution in [0.25, 0.3) is 0 Å². The van der Waals surface area contributed by atoms with Gasteiger partial charge in [0, 0.05) is 11.6 Å². The number of hydrazone groups is 1. The lowest BCUT2D eigenvalue weighted by Gasteiger charge is -2.00. The van der Waals surface area contributed by atoms with Gasteiger partial charge in [-0.3, -0.25) is 25.0 Å². The second-order valence-corrected chi connectivity index (χ2v) is 4.46. The van der Waals surface area contributed by atoms with Gasteiger partial charge in [0.2, 0.25) is 0 Å². The van der Waals surface area contributed by atoms with Crippen LogP contribution in [0, 0.1) is 20.2 Å². The van der Waals surface area contributed by atoms with Crippen LogP contribution >= 0.6 is 11.6 Å². The summed E-state index contributed by atoms with van der Waals surface area (Å²) < 4.78 is 4.79. The fourth-order valence-corrected chi connectivity index (χ4v) is 1.71. The van der Waals surface area contributed by atoms with E-state index >= 15 is 0 Å². The molecule has 0 aliphatic carbocycles. The molecule has 2 rings (SSSR count). The molecule has 0 saturated carbocycles. The van der Waals surface area contributed by atoms with E-state index in [2.05, 4.69) is 10.5 Å². The fourth-order valence-electron chi connectivity index (χ4n) is 1.52. The monoisotopic (exact) mass is 338 g/mol. The number of carbonyl (C=O) groups is 1. The van der Waals surface area contributed by atoms with E-state index in [0.717, 1.165) is 18.3 Å². The number of hydrogen-bond donors (Lipinski definition) is 1. The van der Waals surface area contributed by atoms with Crippen molar-refractivity contribution in [3.8, 4) is 0 Å². The molecule has 0 fully saturated rings. The Morgan fingerprint density at radius 2 is 1.96 bits per heavy atom. The number of nitrogens with one attached hydrogen (secondary N) is 1. The minimum absolute atomic E-state index is 0.0244. The molecule has 1 aromatic carbocycles. The van der Waals surface area contributed by atoms with E-state index in [0.29, 0.717) is 0 Å². The third-order valence-electron chi connectivity index (χ3n) is 2.56. The molecule has 1 aromatic heterocycles. The Kier molecular flexibility index (Phi) is 4.66. The van der Waals surface area contributed by atoms with E-state index in [1.54, 1.807) is 0 Å². The molecule has 0 aliphatic heterocycles. The first kappa shape index (κ1) is 16.1. The molecule has 0 spiro atoms. The molecule has 1 amide bonds. The van der Waals surface area contributed by atoms with Crippen LogP contribution in [-0.2, 0) is 0 Å². The summed E-state index contributed by atoms with van der Waals surface area (Å²) in [4.78, 5) is 31.5. The SMILES string of the molecule is O=C(N/N=C/c1ccc([N+](=O)[O-])o1)c1ccc(Cl)c([N+](=O)[O-])c1. The summed E-state index contributed by atoms with van der Waals surface area (Å²) in [7, 11) is 0. The summed E-state index contributed by atoms with van der Waals surface area (Å²) >= 11 is 5.64. The highest BCUT2D eigenvalue weighted by atomic mass is 35.5. The summed E-state index contributed by atoms with van der Waals surface area (Å²) in [6, 6.07) is 5.93. The highest BCUT2D eigenvalue weighted by Crippen LogP contribution is 2.24. The van der Waals surface area contributed by atoms with Crippen molar-refractivity contribution in [3.63, 3.8) is 0 Å². The van der Waals surface area contributed by atoms with Crippen molar-refractivity contribution in [2.75, 3.05) is 0 Å². The van der Waals surface area contributed by atoms with E-state index < -0.39 is 27.3 Å². The van der Waals surface area contributed by atoms with E-state index in [-0.39, 0.29) is 16.3 Å². The van der Waals surface area contributed by atoms with Gasteiger partial charge in [-0.25, -0.2) is 5.43 Å². The Morgan fingerprint density at radius 1 is 1.22 bits per heavy atom. The van der Waals surface area contributed by atoms with Crippen LogP contribution in [0.15, 0.2) is 39.9 Å². The Balaban J connectivity index is 2.07. The van der Waals surface area contributed by atoms with Gasteiger partial charge in [-0.1, -0.05) is 11.6 Å². The second-order valence-electron chi connectivity index (χ2n) is 4.06. The Bertz CT molecular complexity index is 816. The lowest BCUT2D eigenvalue weighted by molar-refractivity contribution is -0.402. The number of benzene rings is 1. The number of nitro benzene ring substituents is 1. The van der Waals surface area contributed by atoms with Crippen LogP contribution in [0.1, 0.15) is 16.1 Å². The quantitative estimate of drug-likeness (QED) is 0.504. The molecule has 2 aromatic rings. The highest BCUT2D eigenvalue weighted by molar-refractivity contribution is 6.32. The van der Waals surface area contributed by atoms with Crippen LogP contribution in [-0.4, -0.2) is 22.0 Å². The van der Waals surface area contributed by atoms with Gasteiger partial charge in [0.1, 0.15) is 9.95 Å². The lowest BCUT2D eigenvalue weighted by atomic mass is 10.2. The topological polar surface area (TPSA) is 141 Å². The number of furan rings is 1. The maximum atomic E-state index is 11.8. The van der Waals surface area contributed by atoms with Crippen LogP contribution in [0.3, 0.4) is 0 Å². The van der Waals surface area contributed by atoms with Gasteiger partial charge < -0.3 is 4.42 Å². The van der Waals surface area contributed by atoms with Crippen molar-refractivity contribution in [3.05, 3.63) is 66.9 Å². The van der Waals surface area contributed by atoms with Crippen LogP contribution in [0.5, 0.6) is 0 Å². The van der Waals surface area contributed by atoms with Crippen molar-refractivity contribution < 1.29 is 19.1 Å². The van der Waals surface area contributed by atoms with Crippen molar-refractivity contribution in [1.29, 1.82) is 0 Å². The normalized spacial score (nSPS) is 10.7. The van der Waals surface area contributed by atoms with Crippen molar-refractivity contribution >= 4 is 35.3 Å². The number of nitro groups is 2. The molecule has 0 aliphatic rings. The molecular formula is C12H7ClN4O6. The predicted octanol–water partition coefficient (Wildman–Crippen LogP) is 2.51. The zero-order valence-corrected chi connectivity index (χ0v) is 11.9. The van der Waals surface area contributed by atoms with Crippen molar-refractivity contribution in [1.82, 2.24) is 5.43 Å². The zero-order valence-electron chi connectivity index (χ0n) is 11.1. The maximum absolute atomic E-state index is 11.8. The molecule has 0 atom stereocenters. The number of hydrogen-bond acceptors (Lipinski definition) is 7. The van der Waals surface area contributed by atoms with Crippen LogP contribution < -0.4 is 5.43 Å². The summed E-state index contributed by atoms with van der Waals surface area (Å²) in [6.07, 6.45) is 1.05. The molecule has 10 nitrogen and oxygen atoms in total. The molecule has 11 heteroatoms. The van der Waals surface area contributed by atoms with Gasteiger partial charge in [-0.05, 0) is 18.2 Å². The molecule has 0 unspecified atom stereocenters. The van der Waals surface area contributed by atoms with Gasteiger partial charge in [-0.15, -0.1) is 0 Å². The number of carbonyl (C=O) groups excluding carboxylic acids is 1. The first-order chi connectivity index (χ1) is 10.9. The first-order valence-corrected chi connectivity index (χ1v) is 6.28. The van der Waals surface area contributed by atoms with E-state index in [9.17, 15) is 25.0 Å². The molecule has 0 radical (unpaired) electrons. The van der Waals surface area contributed by atoms with Gasteiger partial charge >= 0.3 is 5.88 Å². The molecule has 23 heavy (non-hydrogen) atoms. The number of amides is 1. The number of nitrogens with zero attached hydrogens (tertiary/aromatic N) is 3. The molecule has 1 heterocycles. The molecule has 0 bridgehead atoms. The molecule has 0 saturated heterocycles. The van der Waals surface area contributed by atoms with E-state index in [4.69, 9.17) is 16.0 Å². The van der Waals surface area contributed by atoms with E-state index in [1.165, 1.54) is 18.2 Å². The third kappa shape index (κ3) is 3.89. The Morgan fingerprint density at radius 3 is 2.57 bits per heavy atom. The lowest BCUT2D eigenvalue weighted by Crippen LogP contribution is -2.17. The van der Waals surface area contributed by atoms with Crippen LogP contribution in [0.4, 0.5) is 11.6 Å². The standard InChI is InChI=1S/C12H7ClN4O6/c13-9-3-1-7(5-10(9)16(19)20)12(18)15-14-6-8-2-4-11(23-8)17(21)22/h1-6H,(H,15,18)/b14-6+. The van der Waals surface area contributed by atoms with Crippen molar-refractivity contribution in [2.24, 2.45) is 5.10 Å². The molecule has 118 valence electrons. The summed E-state index contributed by atoms with van der Waals surface area (Å²) in [6.45, 7) is 0. The summed E-state index contributed by atoms with van der Waals surface area (Å²) in [5.41, 5.74) is 1.67. The van der Waals surface area contributed by atoms with Gasteiger partial charge in [-0.2, -0.15) is 5.10 Å². The Labute approximate surface area is 132 Å². The zero-order chi connectivity index (χ0) is 17.0. The number of rotatable bonds is 5. The predicted molar refractivity (Wildman–Crippen MR) is 78.5 cm³/mol. The fraction of sp³-hybridized carbons (Fsp3) is 0.